The molecule has 1 aliphatic heterocycles. The maximum absolute atomic E-state index is 12.0. The number of benzene rings is 1. The lowest BCUT2D eigenvalue weighted by Crippen LogP contribution is -2.31. The first kappa shape index (κ1) is 14.6. The predicted octanol–water partition coefficient (Wildman–Crippen LogP) is 2.93. The highest BCUT2D eigenvalue weighted by Crippen LogP contribution is 2.30. The number of nitrogens with zero attached hydrogens (tertiary/aromatic N) is 1. The molecule has 1 fully saturated rings. The lowest BCUT2D eigenvalue weighted by Gasteiger charge is -2.10. The third-order valence-corrected chi connectivity index (χ3v) is 3.65. The van der Waals surface area contributed by atoms with E-state index in [9.17, 15) is 9.59 Å². The van der Waals surface area contributed by atoms with Gasteiger partial charge in [0.05, 0.1) is 18.1 Å². The highest BCUT2D eigenvalue weighted by Gasteiger charge is 2.34. The van der Waals surface area contributed by atoms with Crippen LogP contribution in [-0.2, 0) is 9.53 Å². The zero-order chi connectivity index (χ0) is 14.4. The molecule has 2 amide bonds. The van der Waals surface area contributed by atoms with Gasteiger partial charge in [0.25, 0.3) is 11.1 Å². The zero-order valence-electron chi connectivity index (χ0n) is 11.1. The summed E-state index contributed by atoms with van der Waals surface area (Å²) in [5.41, 5.74) is 1.04. The second-order valence-electron chi connectivity index (χ2n) is 4.12. The van der Waals surface area contributed by atoms with E-state index in [2.05, 4.69) is 0 Å². The van der Waals surface area contributed by atoms with Crippen LogP contribution in [0.15, 0.2) is 47.4 Å². The molecule has 0 spiro atoms. The van der Waals surface area contributed by atoms with Gasteiger partial charge in [-0.1, -0.05) is 42.5 Å². The van der Waals surface area contributed by atoms with E-state index in [0.29, 0.717) is 18.1 Å². The highest BCUT2D eigenvalue weighted by atomic mass is 32.2. The summed E-state index contributed by atoms with van der Waals surface area (Å²) < 4.78 is 4.89. The normalized spacial score (nSPS) is 17.6. The number of ether oxygens (including phenoxy) is 1. The molecule has 0 aromatic heterocycles. The van der Waals surface area contributed by atoms with Crippen LogP contribution in [0.25, 0.3) is 6.08 Å². The summed E-state index contributed by atoms with van der Waals surface area (Å²) in [6.45, 7) is 0.645. The van der Waals surface area contributed by atoms with Crippen LogP contribution in [0.5, 0.6) is 0 Å². The van der Waals surface area contributed by atoms with Crippen LogP contribution in [0.4, 0.5) is 4.79 Å². The highest BCUT2D eigenvalue weighted by molar-refractivity contribution is 8.18. The lowest BCUT2D eigenvalue weighted by molar-refractivity contribution is -0.123. The second kappa shape index (κ2) is 7.07. The van der Waals surface area contributed by atoms with E-state index in [1.54, 1.807) is 12.2 Å². The number of carbonyl (C=O) groups excluding carboxylic acids is 2. The second-order valence-corrected chi connectivity index (χ2v) is 5.11. The van der Waals surface area contributed by atoms with E-state index in [1.165, 1.54) is 12.0 Å². The molecule has 104 valence electrons. The summed E-state index contributed by atoms with van der Waals surface area (Å²) in [7, 11) is 1.54. The van der Waals surface area contributed by atoms with Crippen LogP contribution in [0.2, 0.25) is 0 Å². The van der Waals surface area contributed by atoms with Crippen LogP contribution in [0.3, 0.4) is 0 Å². The van der Waals surface area contributed by atoms with Crippen LogP contribution in [0.1, 0.15) is 5.56 Å². The van der Waals surface area contributed by atoms with Crippen molar-refractivity contribution in [2.24, 2.45) is 0 Å². The van der Waals surface area contributed by atoms with Crippen molar-refractivity contribution in [3.8, 4) is 0 Å². The molecule has 20 heavy (non-hydrogen) atoms. The van der Waals surface area contributed by atoms with Crippen molar-refractivity contribution < 1.29 is 14.3 Å². The molecule has 2 rings (SSSR count). The van der Waals surface area contributed by atoms with Crippen molar-refractivity contribution >= 4 is 29.0 Å². The Kier molecular flexibility index (Phi) is 5.15. The molecule has 5 heteroatoms. The monoisotopic (exact) mass is 289 g/mol. The van der Waals surface area contributed by atoms with Crippen molar-refractivity contribution in [1.82, 2.24) is 4.90 Å². The Hall–Kier alpha value is -1.85. The fourth-order valence-electron chi connectivity index (χ4n) is 1.70. The summed E-state index contributed by atoms with van der Waals surface area (Å²) in [5.74, 6) is -0.255. The van der Waals surface area contributed by atoms with E-state index in [4.69, 9.17) is 4.74 Å². The van der Waals surface area contributed by atoms with E-state index < -0.39 is 0 Å². The van der Waals surface area contributed by atoms with Gasteiger partial charge in [-0.15, -0.1) is 0 Å². The SMILES string of the molecule is COCCN1C(=O)S/C(=C/C=C/c2ccccc2)C1=O. The van der Waals surface area contributed by atoms with Crippen molar-refractivity contribution in [2.45, 2.75) is 0 Å². The number of methoxy groups -OCH3 is 1. The average Bonchev–Trinajstić information content (AvgIpc) is 2.73. The third kappa shape index (κ3) is 3.59. The Morgan fingerprint density at radius 1 is 1.25 bits per heavy atom. The average molecular weight is 289 g/mol. The topological polar surface area (TPSA) is 46.6 Å². The Balaban J connectivity index is 2.03. The molecular weight excluding hydrogens is 274 g/mol. The molecule has 0 radical (unpaired) electrons. The fraction of sp³-hybridized carbons (Fsp3) is 0.200. The molecule has 0 saturated carbocycles. The molecule has 1 saturated heterocycles. The fourth-order valence-corrected chi connectivity index (χ4v) is 2.52. The smallest absolute Gasteiger partial charge is 0.293 e. The molecule has 4 nitrogen and oxygen atoms in total. The summed E-state index contributed by atoms with van der Waals surface area (Å²) >= 11 is 0.959. The molecule has 1 aromatic rings. The quantitative estimate of drug-likeness (QED) is 0.782. The van der Waals surface area contributed by atoms with Crippen LogP contribution in [-0.4, -0.2) is 36.3 Å². The molecule has 0 atom stereocenters. The van der Waals surface area contributed by atoms with E-state index in [-0.39, 0.29) is 11.1 Å². The molecule has 0 N–H and O–H groups in total. The molecule has 0 unspecified atom stereocenters. The van der Waals surface area contributed by atoms with Crippen molar-refractivity contribution in [3.63, 3.8) is 0 Å². The molecule has 1 aliphatic rings. The van der Waals surface area contributed by atoms with Gasteiger partial charge < -0.3 is 4.74 Å². The molecular formula is C15H15NO3S. The summed E-state index contributed by atoms with van der Waals surface area (Å²) in [6, 6.07) is 9.76. The third-order valence-electron chi connectivity index (χ3n) is 2.73. The number of amides is 2. The molecule has 1 aromatic carbocycles. The Labute approximate surface area is 122 Å². The number of rotatable bonds is 5. The Morgan fingerprint density at radius 2 is 2.00 bits per heavy atom. The van der Waals surface area contributed by atoms with Crippen molar-refractivity contribution in [2.75, 3.05) is 20.3 Å². The first-order valence-corrected chi connectivity index (χ1v) is 7.00. The van der Waals surface area contributed by atoms with Gasteiger partial charge in [0.15, 0.2) is 0 Å². The van der Waals surface area contributed by atoms with Gasteiger partial charge in [-0.2, -0.15) is 0 Å². The van der Waals surface area contributed by atoms with Crippen LogP contribution in [0, 0.1) is 0 Å². The number of imide groups is 1. The number of allylic oxidation sites excluding steroid dienone is 2. The van der Waals surface area contributed by atoms with Crippen molar-refractivity contribution in [1.29, 1.82) is 0 Å². The number of hydrogen-bond acceptors (Lipinski definition) is 4. The Bertz CT molecular complexity index is 551. The standard InChI is InChI=1S/C15H15NO3S/c1-19-11-10-16-14(17)13(20-15(16)18)9-5-8-12-6-3-2-4-7-12/h2-9H,10-11H2,1H3/b8-5+,13-9+. The zero-order valence-corrected chi connectivity index (χ0v) is 11.9. The minimum atomic E-state index is -0.255. The van der Waals surface area contributed by atoms with Crippen molar-refractivity contribution in [3.05, 3.63) is 53.0 Å². The van der Waals surface area contributed by atoms with E-state index >= 15 is 0 Å². The minimum Gasteiger partial charge on any atom is -0.383 e. The van der Waals surface area contributed by atoms with Gasteiger partial charge in [-0.05, 0) is 23.4 Å². The van der Waals surface area contributed by atoms with Crippen LogP contribution < -0.4 is 0 Å². The van der Waals surface area contributed by atoms with Gasteiger partial charge in [-0.25, -0.2) is 0 Å². The van der Waals surface area contributed by atoms with Gasteiger partial charge >= 0.3 is 0 Å². The van der Waals surface area contributed by atoms with Gasteiger partial charge in [0.2, 0.25) is 0 Å². The summed E-state index contributed by atoms with van der Waals surface area (Å²) in [4.78, 5) is 25.3. The van der Waals surface area contributed by atoms with E-state index in [1.807, 2.05) is 36.4 Å². The lowest BCUT2D eigenvalue weighted by atomic mass is 10.2. The molecule has 1 heterocycles. The number of thioether (sulfide) groups is 1. The minimum absolute atomic E-state index is 0.244. The number of hydrogen-bond donors (Lipinski definition) is 0. The molecule has 0 aliphatic carbocycles. The summed E-state index contributed by atoms with van der Waals surface area (Å²) in [6.07, 6.45) is 5.34. The first-order chi connectivity index (χ1) is 9.72. The number of carbonyl (C=O) groups is 2. The largest absolute Gasteiger partial charge is 0.383 e. The van der Waals surface area contributed by atoms with Gasteiger partial charge in [0, 0.05) is 7.11 Å². The maximum atomic E-state index is 12.0. The molecule has 0 bridgehead atoms. The Morgan fingerprint density at radius 3 is 2.70 bits per heavy atom. The van der Waals surface area contributed by atoms with Gasteiger partial charge in [-0.3, -0.25) is 14.5 Å². The van der Waals surface area contributed by atoms with Gasteiger partial charge in [0.1, 0.15) is 0 Å². The summed E-state index contributed by atoms with van der Waals surface area (Å²) in [5, 5.41) is -0.244. The maximum Gasteiger partial charge on any atom is 0.293 e. The first-order valence-electron chi connectivity index (χ1n) is 6.18. The predicted molar refractivity (Wildman–Crippen MR) is 80.1 cm³/mol. The van der Waals surface area contributed by atoms with E-state index in [0.717, 1.165) is 17.3 Å². The van der Waals surface area contributed by atoms with Crippen LogP contribution >= 0.6 is 11.8 Å².